The highest BCUT2D eigenvalue weighted by Gasteiger charge is 2.09. The summed E-state index contributed by atoms with van der Waals surface area (Å²) in [6, 6.07) is 6.38. The van der Waals surface area contributed by atoms with Crippen molar-refractivity contribution in [1.29, 1.82) is 0 Å². The number of aromatic nitrogens is 3. The lowest BCUT2D eigenvalue weighted by Crippen LogP contribution is -2.30. The van der Waals surface area contributed by atoms with E-state index in [0.29, 0.717) is 0 Å². The first kappa shape index (κ1) is 23.9. The van der Waals surface area contributed by atoms with Crippen molar-refractivity contribution in [3.8, 4) is 0 Å². The zero-order valence-electron chi connectivity index (χ0n) is 19.3. The van der Waals surface area contributed by atoms with E-state index in [4.69, 9.17) is 0 Å². The molecule has 0 radical (unpaired) electrons. The van der Waals surface area contributed by atoms with Crippen LogP contribution in [-0.4, -0.2) is 39.5 Å². The summed E-state index contributed by atoms with van der Waals surface area (Å²) in [6.45, 7) is 11.2. The van der Waals surface area contributed by atoms with E-state index < -0.39 is 0 Å². The van der Waals surface area contributed by atoms with E-state index in [-0.39, 0.29) is 0 Å². The first-order chi connectivity index (χ1) is 14.3. The maximum atomic E-state index is 4.43. The molecule has 2 aromatic rings. The highest BCUT2D eigenvalue weighted by molar-refractivity contribution is 5.77. The number of unbranched alkanes of at least 4 members (excludes halogenated alkanes) is 10. The molecule has 0 aliphatic heterocycles. The molecule has 0 aliphatic carbocycles. The van der Waals surface area contributed by atoms with E-state index in [1.54, 1.807) is 0 Å². The van der Waals surface area contributed by atoms with Gasteiger partial charge in [0.05, 0.1) is 12.1 Å². The van der Waals surface area contributed by atoms with Gasteiger partial charge in [0, 0.05) is 6.54 Å². The summed E-state index contributed by atoms with van der Waals surface area (Å²) in [4.78, 5) is 2.67. The van der Waals surface area contributed by atoms with Crippen LogP contribution in [0.2, 0.25) is 0 Å². The number of nitrogens with zero attached hydrogens (tertiary/aromatic N) is 4. The van der Waals surface area contributed by atoms with Gasteiger partial charge in [0.15, 0.2) is 0 Å². The Hall–Kier alpha value is -1.42. The molecular weight excluding hydrogens is 356 g/mol. The van der Waals surface area contributed by atoms with Gasteiger partial charge in [0.1, 0.15) is 5.52 Å². The van der Waals surface area contributed by atoms with Crippen LogP contribution < -0.4 is 0 Å². The second-order valence-corrected chi connectivity index (χ2v) is 8.63. The highest BCUT2D eigenvalue weighted by atomic mass is 15.4. The minimum atomic E-state index is 0.936. The molecule has 4 heteroatoms. The molecule has 0 aliphatic rings. The molecule has 0 saturated heterocycles. The van der Waals surface area contributed by atoms with E-state index in [1.165, 1.54) is 101 Å². The molecule has 0 atom stereocenters. The first-order valence-corrected chi connectivity index (χ1v) is 12.3. The first-order valence-electron chi connectivity index (χ1n) is 12.3. The fourth-order valence-corrected chi connectivity index (χ4v) is 4.10. The monoisotopic (exact) mass is 400 g/mol. The summed E-state index contributed by atoms with van der Waals surface area (Å²) >= 11 is 0. The van der Waals surface area contributed by atoms with Crippen LogP contribution in [0.25, 0.3) is 11.0 Å². The summed E-state index contributed by atoms with van der Waals surface area (Å²) in [5.74, 6) is 0. The van der Waals surface area contributed by atoms with E-state index in [9.17, 15) is 0 Å². The van der Waals surface area contributed by atoms with E-state index in [1.807, 2.05) is 0 Å². The largest absolute Gasteiger partial charge is 0.301 e. The van der Waals surface area contributed by atoms with E-state index in [2.05, 4.69) is 58.9 Å². The Kier molecular flexibility index (Phi) is 12.0. The van der Waals surface area contributed by atoms with Gasteiger partial charge in [-0.3, -0.25) is 0 Å². The molecule has 4 nitrogen and oxygen atoms in total. The Bertz CT molecular complexity index is 648. The van der Waals surface area contributed by atoms with Crippen molar-refractivity contribution in [3.05, 3.63) is 23.8 Å². The van der Waals surface area contributed by atoms with Gasteiger partial charge in [0.25, 0.3) is 0 Å². The molecular formula is C25H44N4. The number of hydrogen-bond acceptors (Lipinski definition) is 3. The SMILES string of the molecule is CCCCCCCCN(CCCCCCCC)CCn1nnc2c(C)cccc21. The van der Waals surface area contributed by atoms with Crippen molar-refractivity contribution in [2.24, 2.45) is 0 Å². The fraction of sp³-hybridized carbons (Fsp3) is 0.760. The maximum Gasteiger partial charge on any atom is 0.116 e. The predicted octanol–water partition coefficient (Wildman–Crippen LogP) is 6.76. The normalized spacial score (nSPS) is 11.7. The van der Waals surface area contributed by atoms with Crippen LogP contribution in [0.15, 0.2) is 18.2 Å². The van der Waals surface area contributed by atoms with Gasteiger partial charge in [0.2, 0.25) is 0 Å². The summed E-state index contributed by atoms with van der Waals surface area (Å²) in [5, 5.41) is 8.83. The van der Waals surface area contributed by atoms with Gasteiger partial charge in [-0.15, -0.1) is 5.10 Å². The second-order valence-electron chi connectivity index (χ2n) is 8.63. The fourth-order valence-electron chi connectivity index (χ4n) is 4.10. The van der Waals surface area contributed by atoms with E-state index in [0.717, 1.165) is 18.6 Å². The molecule has 0 unspecified atom stereocenters. The molecule has 1 aromatic carbocycles. The Morgan fingerprint density at radius 2 is 1.34 bits per heavy atom. The van der Waals surface area contributed by atoms with Crippen molar-refractivity contribution in [2.45, 2.75) is 104 Å². The molecule has 0 fully saturated rings. The Balaban J connectivity index is 1.80. The zero-order chi connectivity index (χ0) is 20.7. The van der Waals surface area contributed by atoms with Gasteiger partial charge < -0.3 is 4.90 Å². The van der Waals surface area contributed by atoms with Crippen molar-refractivity contribution in [2.75, 3.05) is 19.6 Å². The number of hydrogen-bond donors (Lipinski definition) is 0. The number of aryl methyl sites for hydroxylation is 1. The molecule has 1 aromatic heterocycles. The van der Waals surface area contributed by atoms with Crippen LogP contribution >= 0.6 is 0 Å². The summed E-state index contributed by atoms with van der Waals surface area (Å²) in [6.07, 6.45) is 16.4. The average Bonchev–Trinajstić information content (AvgIpc) is 3.15. The van der Waals surface area contributed by atoms with E-state index >= 15 is 0 Å². The van der Waals surface area contributed by atoms with Crippen LogP contribution in [0.1, 0.15) is 96.5 Å². The van der Waals surface area contributed by atoms with Gasteiger partial charge in [-0.25, -0.2) is 4.68 Å². The van der Waals surface area contributed by atoms with Crippen LogP contribution in [-0.2, 0) is 6.54 Å². The van der Waals surface area contributed by atoms with Crippen molar-refractivity contribution in [3.63, 3.8) is 0 Å². The molecule has 164 valence electrons. The van der Waals surface area contributed by atoms with Gasteiger partial charge in [-0.2, -0.15) is 0 Å². The Morgan fingerprint density at radius 1 is 0.759 bits per heavy atom. The van der Waals surface area contributed by atoms with Crippen molar-refractivity contribution in [1.82, 2.24) is 19.9 Å². The highest BCUT2D eigenvalue weighted by Crippen LogP contribution is 2.15. The Morgan fingerprint density at radius 3 is 1.97 bits per heavy atom. The lowest BCUT2D eigenvalue weighted by atomic mass is 10.1. The van der Waals surface area contributed by atoms with Gasteiger partial charge >= 0.3 is 0 Å². The molecule has 0 amide bonds. The van der Waals surface area contributed by atoms with Crippen LogP contribution in [0.4, 0.5) is 0 Å². The third kappa shape index (κ3) is 8.86. The lowest BCUT2D eigenvalue weighted by Gasteiger charge is -2.22. The molecule has 29 heavy (non-hydrogen) atoms. The van der Waals surface area contributed by atoms with Crippen LogP contribution in [0, 0.1) is 6.92 Å². The molecule has 1 heterocycles. The molecule has 0 N–H and O–H groups in total. The Labute approximate surface area is 179 Å². The van der Waals surface area contributed by atoms with Crippen LogP contribution in [0.5, 0.6) is 0 Å². The van der Waals surface area contributed by atoms with Gasteiger partial charge in [-0.1, -0.05) is 95.4 Å². The van der Waals surface area contributed by atoms with Gasteiger partial charge in [-0.05, 0) is 44.5 Å². The third-order valence-electron chi connectivity index (χ3n) is 6.03. The topological polar surface area (TPSA) is 34.0 Å². The number of benzene rings is 1. The number of fused-ring (bicyclic) bond motifs is 1. The maximum absolute atomic E-state index is 4.43. The molecule has 0 saturated carbocycles. The van der Waals surface area contributed by atoms with Crippen molar-refractivity contribution < 1.29 is 0 Å². The molecule has 0 bridgehead atoms. The summed E-state index contributed by atoms with van der Waals surface area (Å²) in [5.41, 5.74) is 3.43. The minimum absolute atomic E-state index is 0.936. The summed E-state index contributed by atoms with van der Waals surface area (Å²) < 4.78 is 2.10. The zero-order valence-corrected chi connectivity index (χ0v) is 19.3. The predicted molar refractivity (Wildman–Crippen MR) is 125 cm³/mol. The minimum Gasteiger partial charge on any atom is -0.301 e. The molecule has 0 spiro atoms. The number of rotatable bonds is 17. The van der Waals surface area contributed by atoms with Crippen molar-refractivity contribution >= 4 is 11.0 Å². The van der Waals surface area contributed by atoms with Crippen LogP contribution in [0.3, 0.4) is 0 Å². The quantitative estimate of drug-likeness (QED) is 0.275. The summed E-state index contributed by atoms with van der Waals surface area (Å²) in [7, 11) is 0. The average molecular weight is 401 g/mol. The standard InChI is InChI=1S/C25H44N4/c1-4-6-8-10-12-14-19-28(20-15-13-11-9-7-5-2)21-22-29-24-18-16-17-23(3)25(24)26-27-29/h16-18H,4-15,19-22H2,1-3H3. The lowest BCUT2D eigenvalue weighted by molar-refractivity contribution is 0.247. The smallest absolute Gasteiger partial charge is 0.116 e. The molecule has 2 rings (SSSR count). The second kappa shape index (κ2) is 14.5. The third-order valence-corrected chi connectivity index (χ3v) is 6.03.